The molecule has 20 heavy (non-hydrogen) atoms. The smallest absolute Gasteiger partial charge is 0.276 e. The summed E-state index contributed by atoms with van der Waals surface area (Å²) in [6.45, 7) is 4.87. The lowest BCUT2D eigenvalue weighted by molar-refractivity contribution is -0.385. The lowest BCUT2D eigenvalue weighted by Crippen LogP contribution is -2.33. The number of nitro groups is 1. The minimum absolute atomic E-state index is 0.00674. The van der Waals surface area contributed by atoms with Crippen molar-refractivity contribution in [2.75, 3.05) is 26.3 Å². The molecule has 1 aromatic carbocycles. The summed E-state index contributed by atoms with van der Waals surface area (Å²) in [5, 5.41) is 14.2. The Kier molecular flexibility index (Phi) is 5.17. The molecule has 1 atom stereocenters. The van der Waals surface area contributed by atoms with Gasteiger partial charge in [0.2, 0.25) is 0 Å². The molecule has 1 heterocycles. The maximum atomic E-state index is 10.9. The van der Waals surface area contributed by atoms with Crippen LogP contribution in [0.4, 0.5) is 5.69 Å². The molecule has 0 aromatic heterocycles. The summed E-state index contributed by atoms with van der Waals surface area (Å²) in [5.74, 6) is 1.42. The second-order valence-electron chi connectivity index (χ2n) is 4.88. The third-order valence-electron chi connectivity index (χ3n) is 3.27. The van der Waals surface area contributed by atoms with Crippen molar-refractivity contribution in [1.82, 2.24) is 5.32 Å². The fraction of sp³-hybridized carbons (Fsp3) is 0.571. The van der Waals surface area contributed by atoms with Crippen molar-refractivity contribution in [2.24, 2.45) is 5.92 Å². The van der Waals surface area contributed by atoms with Crippen LogP contribution in [0.3, 0.4) is 0 Å². The molecule has 6 nitrogen and oxygen atoms in total. The normalized spacial score (nSPS) is 18.6. The van der Waals surface area contributed by atoms with Crippen molar-refractivity contribution in [3.05, 3.63) is 28.3 Å². The monoisotopic (exact) mass is 280 g/mol. The Morgan fingerprint density at radius 1 is 1.35 bits per heavy atom. The Balaban J connectivity index is 2.03. The van der Waals surface area contributed by atoms with Crippen LogP contribution in [0.2, 0.25) is 0 Å². The van der Waals surface area contributed by atoms with E-state index in [9.17, 15) is 10.1 Å². The zero-order valence-electron chi connectivity index (χ0n) is 11.6. The van der Waals surface area contributed by atoms with E-state index in [0.717, 1.165) is 25.9 Å². The predicted octanol–water partition coefficient (Wildman–Crippen LogP) is 2.37. The number of non-ortho nitro benzene ring substituents is 1. The molecule has 6 heteroatoms. The van der Waals surface area contributed by atoms with Gasteiger partial charge in [0.1, 0.15) is 11.5 Å². The van der Waals surface area contributed by atoms with Crippen LogP contribution >= 0.6 is 0 Å². The summed E-state index contributed by atoms with van der Waals surface area (Å²) >= 11 is 0. The minimum Gasteiger partial charge on any atom is -0.493 e. The van der Waals surface area contributed by atoms with Gasteiger partial charge in [0, 0.05) is 18.5 Å². The van der Waals surface area contributed by atoms with E-state index in [-0.39, 0.29) is 5.69 Å². The van der Waals surface area contributed by atoms with Crippen molar-refractivity contribution in [1.29, 1.82) is 0 Å². The first-order valence-electron chi connectivity index (χ1n) is 6.95. The molecule has 1 aliphatic heterocycles. The Bertz CT molecular complexity index is 458. The van der Waals surface area contributed by atoms with Gasteiger partial charge >= 0.3 is 0 Å². The summed E-state index contributed by atoms with van der Waals surface area (Å²) in [5.41, 5.74) is -0.00674. The first-order chi connectivity index (χ1) is 9.69. The van der Waals surface area contributed by atoms with Crippen LogP contribution in [-0.2, 0) is 0 Å². The Morgan fingerprint density at radius 3 is 2.70 bits per heavy atom. The molecule has 1 fully saturated rings. The topological polar surface area (TPSA) is 73.6 Å². The van der Waals surface area contributed by atoms with E-state index in [1.807, 2.05) is 6.92 Å². The Labute approximate surface area is 118 Å². The first kappa shape index (κ1) is 14.6. The molecule has 1 N–H and O–H groups in total. The van der Waals surface area contributed by atoms with Crippen LogP contribution in [0.25, 0.3) is 0 Å². The molecule has 0 radical (unpaired) electrons. The summed E-state index contributed by atoms with van der Waals surface area (Å²) < 4.78 is 11.0. The molecule has 0 amide bonds. The van der Waals surface area contributed by atoms with Crippen molar-refractivity contribution >= 4 is 5.69 Å². The number of piperidine rings is 1. The highest BCUT2D eigenvalue weighted by Crippen LogP contribution is 2.28. The van der Waals surface area contributed by atoms with Crippen LogP contribution in [0.5, 0.6) is 11.5 Å². The number of rotatable bonds is 6. The molecule has 0 aliphatic carbocycles. The van der Waals surface area contributed by atoms with Gasteiger partial charge in [-0.1, -0.05) is 0 Å². The largest absolute Gasteiger partial charge is 0.493 e. The highest BCUT2D eigenvalue weighted by molar-refractivity contribution is 5.46. The van der Waals surface area contributed by atoms with Gasteiger partial charge in [0.15, 0.2) is 0 Å². The van der Waals surface area contributed by atoms with Gasteiger partial charge in [-0.05, 0) is 26.3 Å². The zero-order valence-corrected chi connectivity index (χ0v) is 11.6. The average molecular weight is 280 g/mol. The molecular weight excluding hydrogens is 260 g/mol. The summed E-state index contributed by atoms with van der Waals surface area (Å²) in [6, 6.07) is 4.56. The van der Waals surface area contributed by atoms with Gasteiger partial charge in [-0.25, -0.2) is 0 Å². The second kappa shape index (κ2) is 7.09. The van der Waals surface area contributed by atoms with Crippen molar-refractivity contribution < 1.29 is 14.4 Å². The van der Waals surface area contributed by atoms with Crippen LogP contribution in [-0.4, -0.2) is 31.2 Å². The van der Waals surface area contributed by atoms with E-state index >= 15 is 0 Å². The van der Waals surface area contributed by atoms with E-state index in [4.69, 9.17) is 9.47 Å². The van der Waals surface area contributed by atoms with Crippen molar-refractivity contribution in [3.63, 3.8) is 0 Å². The molecule has 110 valence electrons. The maximum absolute atomic E-state index is 10.9. The molecule has 1 aliphatic rings. The van der Waals surface area contributed by atoms with Gasteiger partial charge in [-0.2, -0.15) is 0 Å². The molecule has 0 bridgehead atoms. The number of nitrogens with one attached hydrogen (secondary N) is 1. The lowest BCUT2D eigenvalue weighted by Gasteiger charge is -2.22. The van der Waals surface area contributed by atoms with E-state index in [1.54, 1.807) is 6.07 Å². The molecule has 0 spiro atoms. The summed E-state index contributed by atoms with van der Waals surface area (Å²) in [6.07, 6.45) is 2.27. The average Bonchev–Trinajstić information content (AvgIpc) is 2.46. The molecule has 1 unspecified atom stereocenters. The third-order valence-corrected chi connectivity index (χ3v) is 3.27. The van der Waals surface area contributed by atoms with Gasteiger partial charge in [-0.3, -0.25) is 10.1 Å². The predicted molar refractivity (Wildman–Crippen MR) is 75.4 cm³/mol. The van der Waals surface area contributed by atoms with Crippen LogP contribution in [0.15, 0.2) is 18.2 Å². The highest BCUT2D eigenvalue weighted by atomic mass is 16.6. The van der Waals surface area contributed by atoms with Crippen LogP contribution in [0.1, 0.15) is 19.8 Å². The number of benzene rings is 1. The van der Waals surface area contributed by atoms with Gasteiger partial charge in [-0.15, -0.1) is 0 Å². The van der Waals surface area contributed by atoms with Gasteiger partial charge in [0.25, 0.3) is 5.69 Å². The molecule has 1 aromatic rings. The highest BCUT2D eigenvalue weighted by Gasteiger charge is 2.15. The SMILES string of the molecule is CCOc1cc(OCC2CCCNC2)cc([N+](=O)[O-])c1. The molecule has 1 saturated heterocycles. The molecule has 2 rings (SSSR count). The summed E-state index contributed by atoms with van der Waals surface area (Å²) in [7, 11) is 0. The van der Waals surface area contributed by atoms with Crippen LogP contribution in [0, 0.1) is 16.0 Å². The number of hydrogen-bond acceptors (Lipinski definition) is 5. The lowest BCUT2D eigenvalue weighted by atomic mass is 10.0. The number of ether oxygens (including phenoxy) is 2. The van der Waals surface area contributed by atoms with E-state index in [0.29, 0.717) is 30.6 Å². The third kappa shape index (κ3) is 4.09. The fourth-order valence-corrected chi connectivity index (χ4v) is 2.28. The molecule has 0 saturated carbocycles. The second-order valence-corrected chi connectivity index (χ2v) is 4.88. The van der Waals surface area contributed by atoms with E-state index in [1.165, 1.54) is 12.1 Å². The minimum atomic E-state index is -0.433. The van der Waals surface area contributed by atoms with E-state index in [2.05, 4.69) is 5.32 Å². The Hall–Kier alpha value is -1.82. The standard InChI is InChI=1S/C14H20N2O4/c1-2-19-13-6-12(16(17)18)7-14(8-13)20-10-11-4-3-5-15-9-11/h6-8,11,15H,2-5,9-10H2,1H3. The number of hydrogen-bond donors (Lipinski definition) is 1. The van der Waals surface area contributed by atoms with Crippen LogP contribution < -0.4 is 14.8 Å². The maximum Gasteiger partial charge on any atom is 0.276 e. The number of nitrogens with zero attached hydrogens (tertiary/aromatic N) is 1. The Morgan fingerprint density at radius 2 is 2.10 bits per heavy atom. The first-order valence-corrected chi connectivity index (χ1v) is 6.95. The fourth-order valence-electron chi connectivity index (χ4n) is 2.28. The van der Waals surface area contributed by atoms with Crippen molar-refractivity contribution in [2.45, 2.75) is 19.8 Å². The van der Waals surface area contributed by atoms with Crippen molar-refractivity contribution in [3.8, 4) is 11.5 Å². The van der Waals surface area contributed by atoms with E-state index < -0.39 is 4.92 Å². The molecular formula is C14H20N2O4. The number of nitro benzene ring substituents is 1. The van der Waals surface area contributed by atoms with Gasteiger partial charge in [0.05, 0.1) is 30.3 Å². The summed E-state index contributed by atoms with van der Waals surface area (Å²) in [4.78, 5) is 10.5. The zero-order chi connectivity index (χ0) is 14.4. The van der Waals surface area contributed by atoms with Gasteiger partial charge < -0.3 is 14.8 Å². The quantitative estimate of drug-likeness (QED) is 0.639.